The molecule has 0 radical (unpaired) electrons. The second-order valence-electron chi connectivity index (χ2n) is 5.19. The van der Waals surface area contributed by atoms with E-state index in [1.807, 2.05) is 11.9 Å². The maximum absolute atomic E-state index is 12.4. The van der Waals surface area contributed by atoms with Crippen molar-refractivity contribution in [3.05, 3.63) is 28.8 Å². The molecule has 1 aromatic rings. The molecule has 20 heavy (non-hydrogen) atoms. The molecular formula is C15H21ClN2O2. The number of likely N-dealkylation sites (tertiary alicyclic amines) is 1. The van der Waals surface area contributed by atoms with Crippen molar-refractivity contribution in [3.63, 3.8) is 0 Å². The smallest absolute Gasteiger partial charge is 0.227 e. The lowest BCUT2D eigenvalue weighted by molar-refractivity contribution is -0.129. The zero-order valence-electron chi connectivity index (χ0n) is 12.0. The van der Waals surface area contributed by atoms with Crippen LogP contribution in [-0.2, 0) is 11.2 Å². The number of hydrogen-bond acceptors (Lipinski definition) is 3. The summed E-state index contributed by atoms with van der Waals surface area (Å²) in [7, 11) is 3.55. The van der Waals surface area contributed by atoms with Gasteiger partial charge in [0.15, 0.2) is 0 Å². The van der Waals surface area contributed by atoms with Crippen LogP contribution in [0, 0.1) is 5.92 Å². The zero-order valence-corrected chi connectivity index (χ0v) is 12.7. The molecular weight excluding hydrogens is 276 g/mol. The molecule has 1 N–H and O–H groups in total. The number of methoxy groups -OCH3 is 1. The molecule has 1 aliphatic rings. The Labute approximate surface area is 125 Å². The number of hydrogen-bond donors (Lipinski definition) is 1. The molecule has 110 valence electrons. The van der Waals surface area contributed by atoms with Gasteiger partial charge in [-0.2, -0.15) is 0 Å². The van der Waals surface area contributed by atoms with Gasteiger partial charge < -0.3 is 15.0 Å². The van der Waals surface area contributed by atoms with Crippen LogP contribution in [0.5, 0.6) is 5.75 Å². The van der Waals surface area contributed by atoms with E-state index in [0.29, 0.717) is 23.1 Å². The minimum absolute atomic E-state index is 0.143. The Hall–Kier alpha value is -1.26. The molecule has 4 nitrogen and oxygen atoms in total. The number of nitrogens with one attached hydrogen (secondary N) is 1. The second kappa shape index (κ2) is 6.95. The monoisotopic (exact) mass is 296 g/mol. The fraction of sp³-hybridized carbons (Fsp3) is 0.533. The van der Waals surface area contributed by atoms with Gasteiger partial charge in [-0.15, -0.1) is 0 Å². The topological polar surface area (TPSA) is 41.6 Å². The average Bonchev–Trinajstić information content (AvgIpc) is 2.88. The van der Waals surface area contributed by atoms with Gasteiger partial charge in [0.25, 0.3) is 0 Å². The summed E-state index contributed by atoms with van der Waals surface area (Å²) >= 11 is 5.99. The lowest BCUT2D eigenvalue weighted by Gasteiger charge is -2.17. The van der Waals surface area contributed by atoms with Crippen LogP contribution in [0.3, 0.4) is 0 Å². The van der Waals surface area contributed by atoms with Gasteiger partial charge >= 0.3 is 0 Å². The third-order valence-electron chi connectivity index (χ3n) is 3.72. The Kier molecular flexibility index (Phi) is 5.26. The van der Waals surface area contributed by atoms with E-state index in [4.69, 9.17) is 16.3 Å². The predicted molar refractivity (Wildman–Crippen MR) is 80.3 cm³/mol. The molecule has 0 bridgehead atoms. The van der Waals surface area contributed by atoms with Crippen molar-refractivity contribution in [1.29, 1.82) is 0 Å². The van der Waals surface area contributed by atoms with Crippen LogP contribution < -0.4 is 10.1 Å². The van der Waals surface area contributed by atoms with Gasteiger partial charge in [-0.25, -0.2) is 0 Å². The van der Waals surface area contributed by atoms with E-state index in [1.54, 1.807) is 25.3 Å². The van der Waals surface area contributed by atoms with Crippen molar-refractivity contribution in [2.24, 2.45) is 5.92 Å². The quantitative estimate of drug-likeness (QED) is 0.903. The standard InChI is InChI=1S/C15H21ClN2O2/c1-17-9-11-5-6-18(10-11)15(19)8-12-7-13(16)3-4-14(12)20-2/h3-4,7,11,17H,5-6,8-10H2,1-2H3. The summed E-state index contributed by atoms with van der Waals surface area (Å²) in [6, 6.07) is 5.38. The van der Waals surface area contributed by atoms with Gasteiger partial charge in [0, 0.05) is 23.7 Å². The van der Waals surface area contributed by atoms with E-state index in [2.05, 4.69) is 5.32 Å². The SMILES string of the molecule is CNCC1CCN(C(=O)Cc2cc(Cl)ccc2OC)C1. The van der Waals surface area contributed by atoms with E-state index in [-0.39, 0.29) is 5.91 Å². The first-order chi connectivity index (χ1) is 9.63. The maximum atomic E-state index is 12.4. The first-order valence-corrected chi connectivity index (χ1v) is 7.26. The number of carbonyl (C=O) groups excluding carboxylic acids is 1. The highest BCUT2D eigenvalue weighted by molar-refractivity contribution is 6.30. The maximum Gasteiger partial charge on any atom is 0.227 e. The molecule has 5 heteroatoms. The van der Waals surface area contributed by atoms with E-state index in [0.717, 1.165) is 31.6 Å². The molecule has 1 heterocycles. The number of ether oxygens (including phenoxy) is 1. The molecule has 0 saturated carbocycles. The van der Waals surface area contributed by atoms with Gasteiger partial charge in [0.1, 0.15) is 5.75 Å². The summed E-state index contributed by atoms with van der Waals surface area (Å²) < 4.78 is 5.28. The Morgan fingerprint density at radius 1 is 1.55 bits per heavy atom. The first-order valence-electron chi connectivity index (χ1n) is 6.88. The number of benzene rings is 1. The van der Waals surface area contributed by atoms with Crippen LogP contribution in [0.25, 0.3) is 0 Å². The highest BCUT2D eigenvalue weighted by Crippen LogP contribution is 2.24. The molecule has 1 amide bonds. The van der Waals surface area contributed by atoms with Crippen molar-refractivity contribution in [2.45, 2.75) is 12.8 Å². The highest BCUT2D eigenvalue weighted by atomic mass is 35.5. The Morgan fingerprint density at radius 3 is 3.05 bits per heavy atom. The molecule has 1 unspecified atom stereocenters. The molecule has 1 aromatic carbocycles. The van der Waals surface area contributed by atoms with Crippen LogP contribution in [0.4, 0.5) is 0 Å². The molecule has 0 aromatic heterocycles. The summed E-state index contributed by atoms with van der Waals surface area (Å²) in [6.45, 7) is 2.64. The van der Waals surface area contributed by atoms with E-state index in [9.17, 15) is 4.79 Å². The largest absolute Gasteiger partial charge is 0.496 e. The zero-order chi connectivity index (χ0) is 14.5. The van der Waals surface area contributed by atoms with Crippen LogP contribution in [0.2, 0.25) is 5.02 Å². The van der Waals surface area contributed by atoms with Gasteiger partial charge in [0.05, 0.1) is 13.5 Å². The van der Waals surface area contributed by atoms with Crippen LogP contribution in [0.1, 0.15) is 12.0 Å². The number of nitrogens with zero attached hydrogens (tertiary/aromatic N) is 1. The highest BCUT2D eigenvalue weighted by Gasteiger charge is 2.26. The second-order valence-corrected chi connectivity index (χ2v) is 5.62. The lowest BCUT2D eigenvalue weighted by atomic mass is 10.1. The Morgan fingerprint density at radius 2 is 2.35 bits per heavy atom. The molecule has 0 spiro atoms. The van der Waals surface area contributed by atoms with Crippen molar-refractivity contribution in [3.8, 4) is 5.75 Å². The summed E-state index contributed by atoms with van der Waals surface area (Å²) in [5.74, 6) is 1.42. The summed E-state index contributed by atoms with van der Waals surface area (Å²) in [4.78, 5) is 14.3. The first kappa shape index (κ1) is 15.1. The predicted octanol–water partition coefficient (Wildman–Crippen LogP) is 1.96. The van der Waals surface area contributed by atoms with Gasteiger partial charge in [-0.1, -0.05) is 11.6 Å². The summed E-state index contributed by atoms with van der Waals surface area (Å²) in [5.41, 5.74) is 0.849. The van der Waals surface area contributed by atoms with Crippen molar-refractivity contribution in [2.75, 3.05) is 33.8 Å². The van der Waals surface area contributed by atoms with Crippen LogP contribution in [0.15, 0.2) is 18.2 Å². The number of rotatable bonds is 5. The Bertz CT molecular complexity index is 479. The molecule has 2 rings (SSSR count). The third kappa shape index (κ3) is 3.64. The normalized spacial score (nSPS) is 18.4. The fourth-order valence-electron chi connectivity index (χ4n) is 2.67. The Balaban J connectivity index is 2.00. The van der Waals surface area contributed by atoms with E-state index in [1.165, 1.54) is 0 Å². The summed E-state index contributed by atoms with van der Waals surface area (Å²) in [6.07, 6.45) is 1.41. The minimum Gasteiger partial charge on any atom is -0.496 e. The number of amides is 1. The van der Waals surface area contributed by atoms with Crippen molar-refractivity contribution >= 4 is 17.5 Å². The van der Waals surface area contributed by atoms with E-state index < -0.39 is 0 Å². The van der Waals surface area contributed by atoms with Crippen LogP contribution >= 0.6 is 11.6 Å². The molecule has 1 atom stereocenters. The molecule has 1 aliphatic heterocycles. The molecule has 0 aliphatic carbocycles. The molecule has 1 fully saturated rings. The lowest BCUT2D eigenvalue weighted by Crippen LogP contribution is -2.31. The van der Waals surface area contributed by atoms with E-state index >= 15 is 0 Å². The summed E-state index contributed by atoms with van der Waals surface area (Å²) in [5, 5.41) is 3.80. The number of carbonyl (C=O) groups is 1. The van der Waals surface area contributed by atoms with Crippen molar-refractivity contribution in [1.82, 2.24) is 10.2 Å². The van der Waals surface area contributed by atoms with Crippen molar-refractivity contribution < 1.29 is 9.53 Å². The fourth-order valence-corrected chi connectivity index (χ4v) is 2.87. The average molecular weight is 297 g/mol. The van der Waals surface area contributed by atoms with Gasteiger partial charge in [-0.3, -0.25) is 4.79 Å². The van der Waals surface area contributed by atoms with Gasteiger partial charge in [0.2, 0.25) is 5.91 Å². The molecule has 1 saturated heterocycles. The van der Waals surface area contributed by atoms with Gasteiger partial charge in [-0.05, 0) is 44.1 Å². The third-order valence-corrected chi connectivity index (χ3v) is 3.95. The van der Waals surface area contributed by atoms with Crippen LogP contribution in [-0.4, -0.2) is 44.6 Å². The minimum atomic E-state index is 0.143. The number of halogens is 1.